The van der Waals surface area contributed by atoms with Crippen molar-refractivity contribution in [3.05, 3.63) is 0 Å². The molecule has 1 rings (SSSR count). The molecule has 19 heavy (non-hydrogen) atoms. The van der Waals surface area contributed by atoms with Gasteiger partial charge in [-0.25, -0.2) is 9.59 Å². The number of esters is 1. The first-order valence-corrected chi connectivity index (χ1v) is 6.98. The number of carbonyl (C=O) groups excluding carboxylic acids is 2. The molecule has 5 heteroatoms. The Bertz CT molecular complexity index is 335. The van der Waals surface area contributed by atoms with E-state index in [1.54, 1.807) is 11.8 Å². The summed E-state index contributed by atoms with van der Waals surface area (Å²) in [5.74, 6) is -0.329. The highest BCUT2D eigenvalue weighted by atomic mass is 16.6. The van der Waals surface area contributed by atoms with E-state index < -0.39 is 17.7 Å². The maximum atomic E-state index is 12.2. The van der Waals surface area contributed by atoms with Gasteiger partial charge in [-0.05, 0) is 47.0 Å². The second-order valence-electron chi connectivity index (χ2n) is 5.79. The Balaban J connectivity index is 2.82. The van der Waals surface area contributed by atoms with Crippen molar-refractivity contribution in [2.45, 2.75) is 71.6 Å². The molecule has 1 heterocycles. The zero-order valence-corrected chi connectivity index (χ0v) is 12.6. The number of carbonyl (C=O) groups is 2. The van der Waals surface area contributed by atoms with Gasteiger partial charge in [0.05, 0.1) is 6.61 Å². The van der Waals surface area contributed by atoms with E-state index in [0.717, 1.165) is 12.8 Å². The van der Waals surface area contributed by atoms with E-state index in [9.17, 15) is 9.59 Å². The first-order chi connectivity index (χ1) is 8.80. The maximum absolute atomic E-state index is 12.2. The molecule has 1 fully saturated rings. The minimum absolute atomic E-state index is 0.0595. The fraction of sp³-hybridized carbons (Fsp3) is 0.857. The molecule has 0 radical (unpaired) electrons. The van der Waals surface area contributed by atoms with Gasteiger partial charge in [-0.2, -0.15) is 0 Å². The summed E-state index contributed by atoms with van der Waals surface area (Å²) >= 11 is 0. The lowest BCUT2D eigenvalue weighted by Gasteiger charge is -2.31. The van der Waals surface area contributed by atoms with Crippen LogP contribution in [0.3, 0.4) is 0 Å². The summed E-state index contributed by atoms with van der Waals surface area (Å²) in [5.41, 5.74) is -0.558. The summed E-state index contributed by atoms with van der Waals surface area (Å²) in [7, 11) is 0. The smallest absolute Gasteiger partial charge is 0.411 e. The van der Waals surface area contributed by atoms with Crippen LogP contribution < -0.4 is 0 Å². The van der Waals surface area contributed by atoms with Gasteiger partial charge in [0.25, 0.3) is 0 Å². The summed E-state index contributed by atoms with van der Waals surface area (Å²) in [5, 5.41) is 0. The molecule has 1 saturated heterocycles. The van der Waals surface area contributed by atoms with E-state index in [1.807, 2.05) is 27.7 Å². The van der Waals surface area contributed by atoms with Gasteiger partial charge in [0.15, 0.2) is 0 Å². The van der Waals surface area contributed by atoms with E-state index >= 15 is 0 Å². The van der Waals surface area contributed by atoms with Gasteiger partial charge in [0.2, 0.25) is 0 Å². The van der Waals surface area contributed by atoms with Crippen LogP contribution in [0.2, 0.25) is 0 Å². The highest BCUT2D eigenvalue weighted by molar-refractivity contribution is 5.82. The largest absolute Gasteiger partial charge is 0.464 e. The van der Waals surface area contributed by atoms with Crippen molar-refractivity contribution in [3.8, 4) is 0 Å². The maximum Gasteiger partial charge on any atom is 0.411 e. The lowest BCUT2D eigenvalue weighted by atomic mass is 10.1. The fourth-order valence-corrected chi connectivity index (χ4v) is 2.34. The van der Waals surface area contributed by atoms with Crippen LogP contribution in [-0.4, -0.2) is 41.3 Å². The van der Waals surface area contributed by atoms with Crippen molar-refractivity contribution < 1.29 is 19.1 Å². The molecular weight excluding hydrogens is 246 g/mol. The van der Waals surface area contributed by atoms with Gasteiger partial charge in [0, 0.05) is 6.04 Å². The van der Waals surface area contributed by atoms with Gasteiger partial charge in [-0.3, -0.25) is 4.90 Å². The third-order valence-electron chi connectivity index (χ3n) is 3.14. The molecule has 0 aromatic carbocycles. The van der Waals surface area contributed by atoms with Crippen LogP contribution in [0.1, 0.15) is 53.9 Å². The zero-order valence-electron chi connectivity index (χ0n) is 12.6. The molecule has 1 aliphatic heterocycles. The Hall–Kier alpha value is -1.26. The average Bonchev–Trinajstić information content (AvgIpc) is 2.70. The van der Waals surface area contributed by atoms with Gasteiger partial charge < -0.3 is 9.47 Å². The van der Waals surface area contributed by atoms with Gasteiger partial charge in [0.1, 0.15) is 11.6 Å². The number of ether oxygens (including phenoxy) is 2. The molecule has 5 nitrogen and oxygen atoms in total. The first-order valence-electron chi connectivity index (χ1n) is 6.98. The van der Waals surface area contributed by atoms with Crippen LogP contribution in [0.5, 0.6) is 0 Å². The molecule has 1 amide bonds. The third-order valence-corrected chi connectivity index (χ3v) is 3.14. The lowest BCUT2D eigenvalue weighted by Crippen LogP contribution is -2.47. The molecule has 0 saturated carbocycles. The molecule has 110 valence electrons. The van der Waals surface area contributed by atoms with Gasteiger partial charge in [-0.1, -0.05) is 6.92 Å². The van der Waals surface area contributed by atoms with E-state index in [4.69, 9.17) is 9.47 Å². The molecule has 0 bridgehead atoms. The zero-order chi connectivity index (χ0) is 14.6. The van der Waals surface area contributed by atoms with Crippen LogP contribution >= 0.6 is 0 Å². The lowest BCUT2D eigenvalue weighted by molar-refractivity contribution is -0.148. The number of likely N-dealkylation sites (tertiary alicyclic amines) is 1. The highest BCUT2D eigenvalue weighted by Gasteiger charge is 2.42. The molecule has 0 N–H and O–H groups in total. The predicted octanol–water partition coefficient (Wildman–Crippen LogP) is 2.73. The van der Waals surface area contributed by atoms with Crippen molar-refractivity contribution in [2.75, 3.05) is 6.61 Å². The van der Waals surface area contributed by atoms with Crippen molar-refractivity contribution in [2.24, 2.45) is 0 Å². The van der Waals surface area contributed by atoms with Crippen molar-refractivity contribution in [1.82, 2.24) is 4.90 Å². The van der Waals surface area contributed by atoms with Gasteiger partial charge in [-0.15, -0.1) is 0 Å². The van der Waals surface area contributed by atoms with Crippen LogP contribution in [0, 0.1) is 0 Å². The minimum atomic E-state index is -0.558. The number of rotatable bonds is 3. The fourth-order valence-electron chi connectivity index (χ4n) is 2.34. The van der Waals surface area contributed by atoms with Crippen LogP contribution in [0.25, 0.3) is 0 Å². The highest BCUT2D eigenvalue weighted by Crippen LogP contribution is 2.29. The minimum Gasteiger partial charge on any atom is -0.464 e. The topological polar surface area (TPSA) is 55.8 Å². The molecule has 0 aromatic rings. The Kier molecular flexibility index (Phi) is 5.20. The summed E-state index contributed by atoms with van der Waals surface area (Å²) in [6.45, 7) is 9.57. The monoisotopic (exact) mass is 271 g/mol. The van der Waals surface area contributed by atoms with Crippen molar-refractivity contribution >= 4 is 12.1 Å². The normalized spacial score (nSPS) is 23.3. The number of hydrogen-bond donors (Lipinski definition) is 0. The second-order valence-corrected chi connectivity index (χ2v) is 5.79. The third kappa shape index (κ3) is 4.11. The standard InChI is InChI=1S/C14H25NO4/c1-6-10-8-9-11(12(16)18-7-2)15(10)13(17)19-14(3,4)5/h10-11H,6-9H2,1-5H3/t10?,11-/m0/s1. The quantitative estimate of drug-likeness (QED) is 0.741. The number of amides is 1. The molecule has 1 unspecified atom stereocenters. The Labute approximate surface area is 115 Å². The van der Waals surface area contributed by atoms with Crippen molar-refractivity contribution in [1.29, 1.82) is 0 Å². The SMILES string of the molecule is CCOC(=O)[C@@H]1CCC(CC)N1C(=O)OC(C)(C)C. The molecule has 2 atom stereocenters. The predicted molar refractivity (Wildman–Crippen MR) is 71.8 cm³/mol. The Morgan fingerprint density at radius 2 is 1.84 bits per heavy atom. The second kappa shape index (κ2) is 6.26. The molecular formula is C14H25NO4. The molecule has 0 spiro atoms. The molecule has 1 aliphatic rings. The van der Waals surface area contributed by atoms with Crippen LogP contribution in [0.4, 0.5) is 4.79 Å². The summed E-state index contributed by atoms with van der Waals surface area (Å²) in [4.78, 5) is 25.7. The summed E-state index contributed by atoms with van der Waals surface area (Å²) in [6.07, 6.45) is 1.86. The van der Waals surface area contributed by atoms with Crippen LogP contribution in [0.15, 0.2) is 0 Å². The number of nitrogens with zero attached hydrogens (tertiary/aromatic N) is 1. The van der Waals surface area contributed by atoms with E-state index in [0.29, 0.717) is 13.0 Å². The van der Waals surface area contributed by atoms with E-state index in [1.165, 1.54) is 0 Å². The summed E-state index contributed by atoms with van der Waals surface area (Å²) in [6, 6.07) is -0.441. The first kappa shape index (κ1) is 15.8. The Morgan fingerprint density at radius 1 is 1.21 bits per heavy atom. The molecule has 0 aromatic heterocycles. The van der Waals surface area contributed by atoms with Crippen LogP contribution in [-0.2, 0) is 14.3 Å². The molecule has 0 aliphatic carbocycles. The van der Waals surface area contributed by atoms with Crippen molar-refractivity contribution in [3.63, 3.8) is 0 Å². The average molecular weight is 271 g/mol. The van der Waals surface area contributed by atoms with E-state index in [-0.39, 0.29) is 12.0 Å². The number of hydrogen-bond acceptors (Lipinski definition) is 4. The van der Waals surface area contributed by atoms with Gasteiger partial charge >= 0.3 is 12.1 Å². The Morgan fingerprint density at radius 3 is 2.32 bits per heavy atom. The van der Waals surface area contributed by atoms with E-state index in [2.05, 4.69) is 0 Å². The summed E-state index contributed by atoms with van der Waals surface area (Å²) < 4.78 is 10.4.